The number of benzene rings is 1. The van der Waals surface area contributed by atoms with Crippen molar-refractivity contribution in [1.29, 1.82) is 0 Å². The van der Waals surface area contributed by atoms with Crippen molar-refractivity contribution in [2.75, 3.05) is 32.1 Å². The number of rotatable bonds is 6. The first kappa shape index (κ1) is 16.8. The van der Waals surface area contributed by atoms with Gasteiger partial charge in [-0.05, 0) is 18.2 Å². The van der Waals surface area contributed by atoms with Gasteiger partial charge in [0.2, 0.25) is 20.0 Å². The maximum Gasteiger partial charge on any atom is 0.242 e. The van der Waals surface area contributed by atoms with Gasteiger partial charge in [0.1, 0.15) is 10.7 Å². The zero-order valence-corrected chi connectivity index (χ0v) is 12.6. The summed E-state index contributed by atoms with van der Waals surface area (Å²) in [6, 6.07) is 2.93. The average Bonchev–Trinajstić information content (AvgIpc) is 2.31. The number of sulfonamides is 2. The number of nitrogens with one attached hydrogen (secondary N) is 1. The lowest BCUT2D eigenvalue weighted by Gasteiger charge is -2.12. The second-order valence-corrected chi connectivity index (χ2v) is 8.22. The molecule has 0 saturated heterocycles. The number of anilines is 1. The van der Waals surface area contributed by atoms with Crippen molar-refractivity contribution in [3.8, 4) is 0 Å². The normalized spacial score (nSPS) is 12.8. The van der Waals surface area contributed by atoms with Gasteiger partial charge in [0.25, 0.3) is 0 Å². The second-order valence-electron chi connectivity index (χ2n) is 4.18. The summed E-state index contributed by atoms with van der Waals surface area (Å²) in [6.45, 7) is -0.335. The molecule has 1 aromatic carbocycles. The smallest absolute Gasteiger partial charge is 0.242 e. The number of nitrogens with two attached hydrogens (primary N) is 1. The van der Waals surface area contributed by atoms with Gasteiger partial charge in [0.15, 0.2) is 0 Å². The fourth-order valence-corrected chi connectivity index (χ4v) is 3.33. The number of nitrogens with zero attached hydrogens (tertiary/aromatic N) is 1. The van der Waals surface area contributed by atoms with Crippen molar-refractivity contribution in [3.63, 3.8) is 0 Å². The number of halogens is 1. The predicted octanol–water partition coefficient (Wildman–Crippen LogP) is -0.422. The standard InChI is InChI=1S/C10H16FN3O4S2/c1-14(2)19(15,16)6-5-13-20(17,18)10-7-8(11)3-4-9(10)12/h3-4,7,13H,5-6,12H2,1-2H3. The summed E-state index contributed by atoms with van der Waals surface area (Å²) in [4.78, 5) is -0.417. The van der Waals surface area contributed by atoms with Crippen LogP contribution in [0.2, 0.25) is 0 Å². The Hall–Kier alpha value is -1.23. The van der Waals surface area contributed by atoms with Gasteiger partial charge in [-0.15, -0.1) is 0 Å². The Morgan fingerprint density at radius 1 is 1.25 bits per heavy atom. The van der Waals surface area contributed by atoms with Gasteiger partial charge in [0, 0.05) is 20.6 Å². The first-order valence-electron chi connectivity index (χ1n) is 5.51. The van der Waals surface area contributed by atoms with Crippen molar-refractivity contribution in [2.45, 2.75) is 4.90 Å². The molecule has 0 heterocycles. The van der Waals surface area contributed by atoms with Crippen LogP contribution in [0.1, 0.15) is 0 Å². The molecule has 0 aliphatic heterocycles. The van der Waals surface area contributed by atoms with Crippen LogP contribution in [0.4, 0.5) is 10.1 Å². The third-order valence-electron chi connectivity index (χ3n) is 2.47. The van der Waals surface area contributed by atoms with Crippen LogP contribution in [0.3, 0.4) is 0 Å². The van der Waals surface area contributed by atoms with Crippen molar-refractivity contribution >= 4 is 25.7 Å². The van der Waals surface area contributed by atoms with Crippen molar-refractivity contribution in [1.82, 2.24) is 9.03 Å². The molecule has 0 atom stereocenters. The molecule has 0 spiro atoms. The lowest BCUT2D eigenvalue weighted by atomic mass is 10.3. The van der Waals surface area contributed by atoms with Gasteiger partial charge in [-0.2, -0.15) is 0 Å². The largest absolute Gasteiger partial charge is 0.398 e. The summed E-state index contributed by atoms with van der Waals surface area (Å²) in [6.07, 6.45) is 0. The minimum Gasteiger partial charge on any atom is -0.398 e. The highest BCUT2D eigenvalue weighted by molar-refractivity contribution is 7.90. The summed E-state index contributed by atoms with van der Waals surface area (Å²) < 4.78 is 62.9. The minimum atomic E-state index is -4.06. The first-order valence-corrected chi connectivity index (χ1v) is 8.60. The van der Waals surface area contributed by atoms with Gasteiger partial charge in [0.05, 0.1) is 11.4 Å². The first-order chi connectivity index (χ1) is 9.06. The Bertz CT molecular complexity index is 686. The van der Waals surface area contributed by atoms with Crippen molar-refractivity contribution in [3.05, 3.63) is 24.0 Å². The maximum atomic E-state index is 13.0. The van der Waals surface area contributed by atoms with E-state index in [9.17, 15) is 21.2 Å². The molecule has 0 bridgehead atoms. The SMILES string of the molecule is CN(C)S(=O)(=O)CCNS(=O)(=O)c1cc(F)ccc1N. The highest BCUT2D eigenvalue weighted by Crippen LogP contribution is 2.18. The molecule has 0 fully saturated rings. The van der Waals surface area contributed by atoms with E-state index in [1.807, 2.05) is 0 Å². The molecule has 20 heavy (non-hydrogen) atoms. The Morgan fingerprint density at radius 3 is 2.40 bits per heavy atom. The third-order valence-corrected chi connectivity index (χ3v) is 5.82. The van der Waals surface area contributed by atoms with E-state index in [1.54, 1.807) is 0 Å². The molecule has 10 heteroatoms. The van der Waals surface area contributed by atoms with Crippen LogP contribution >= 0.6 is 0 Å². The van der Waals surface area contributed by atoms with Crippen LogP contribution in [0.5, 0.6) is 0 Å². The van der Waals surface area contributed by atoms with Gasteiger partial charge in [-0.3, -0.25) is 0 Å². The molecule has 3 N–H and O–H groups in total. The van der Waals surface area contributed by atoms with Gasteiger partial charge in [-0.25, -0.2) is 30.3 Å². The third kappa shape index (κ3) is 4.13. The summed E-state index contributed by atoms with van der Waals surface area (Å²) >= 11 is 0. The Morgan fingerprint density at radius 2 is 1.85 bits per heavy atom. The van der Waals surface area contributed by atoms with E-state index in [0.29, 0.717) is 0 Å². The van der Waals surface area contributed by atoms with E-state index in [4.69, 9.17) is 5.73 Å². The second kappa shape index (κ2) is 6.04. The van der Waals surface area contributed by atoms with Crippen LogP contribution in [0.15, 0.2) is 23.1 Å². The number of hydrogen-bond donors (Lipinski definition) is 2. The van der Waals surface area contributed by atoms with Gasteiger partial charge < -0.3 is 5.73 Å². The highest BCUT2D eigenvalue weighted by atomic mass is 32.2. The Balaban J connectivity index is 2.84. The fraction of sp³-hybridized carbons (Fsp3) is 0.400. The Kier molecular flexibility index (Phi) is 5.08. The van der Waals surface area contributed by atoms with E-state index in [1.165, 1.54) is 14.1 Å². The molecule has 0 saturated carbocycles. The lowest BCUT2D eigenvalue weighted by Crippen LogP contribution is -2.34. The topological polar surface area (TPSA) is 110 Å². The molecule has 0 aliphatic rings. The number of nitrogen functional groups attached to an aromatic ring is 1. The zero-order chi connectivity index (χ0) is 15.6. The lowest BCUT2D eigenvalue weighted by molar-refractivity contribution is 0.519. The summed E-state index contributed by atoms with van der Waals surface area (Å²) in [5.74, 6) is -1.16. The molecule has 0 unspecified atom stereocenters. The van der Waals surface area contributed by atoms with Crippen LogP contribution in [0, 0.1) is 5.82 Å². The molecule has 1 rings (SSSR count). The minimum absolute atomic E-state index is 0.116. The quantitative estimate of drug-likeness (QED) is 0.690. The molecule has 0 radical (unpaired) electrons. The van der Waals surface area contributed by atoms with E-state index in [2.05, 4.69) is 4.72 Å². The molecular weight excluding hydrogens is 309 g/mol. The van der Waals surface area contributed by atoms with E-state index in [-0.39, 0.29) is 12.2 Å². The maximum absolute atomic E-state index is 13.0. The zero-order valence-electron chi connectivity index (χ0n) is 11.0. The van der Waals surface area contributed by atoms with E-state index < -0.39 is 36.5 Å². The van der Waals surface area contributed by atoms with E-state index in [0.717, 1.165) is 22.5 Å². The highest BCUT2D eigenvalue weighted by Gasteiger charge is 2.20. The van der Waals surface area contributed by atoms with Crippen molar-refractivity contribution < 1.29 is 21.2 Å². The molecule has 0 amide bonds. The summed E-state index contributed by atoms with van der Waals surface area (Å²) in [5, 5.41) is 0. The van der Waals surface area contributed by atoms with Crippen LogP contribution in [-0.2, 0) is 20.0 Å². The number of hydrogen-bond acceptors (Lipinski definition) is 5. The average molecular weight is 325 g/mol. The molecule has 7 nitrogen and oxygen atoms in total. The summed E-state index contributed by atoms with van der Waals surface area (Å²) in [5.41, 5.74) is 5.35. The molecule has 0 aliphatic carbocycles. The summed E-state index contributed by atoms with van der Waals surface area (Å²) in [7, 11) is -4.90. The molecule has 114 valence electrons. The fourth-order valence-electron chi connectivity index (χ4n) is 1.31. The Labute approximate surface area is 117 Å². The van der Waals surface area contributed by atoms with Crippen molar-refractivity contribution in [2.24, 2.45) is 0 Å². The monoisotopic (exact) mass is 325 g/mol. The van der Waals surface area contributed by atoms with Gasteiger partial charge in [-0.1, -0.05) is 0 Å². The van der Waals surface area contributed by atoms with Crippen LogP contribution in [0.25, 0.3) is 0 Å². The van der Waals surface area contributed by atoms with E-state index >= 15 is 0 Å². The molecular formula is C10H16FN3O4S2. The van der Waals surface area contributed by atoms with Crippen LogP contribution < -0.4 is 10.5 Å². The van der Waals surface area contributed by atoms with Crippen LogP contribution in [-0.4, -0.2) is 47.5 Å². The molecule has 1 aromatic rings. The molecule has 0 aromatic heterocycles. The predicted molar refractivity (Wildman–Crippen MR) is 73.5 cm³/mol. The van der Waals surface area contributed by atoms with Gasteiger partial charge >= 0.3 is 0 Å².